The highest BCUT2D eigenvalue weighted by molar-refractivity contribution is 7.15. The molecule has 0 fully saturated rings. The molecule has 8 nitrogen and oxygen atoms in total. The number of benzene rings is 2. The summed E-state index contributed by atoms with van der Waals surface area (Å²) in [5.41, 5.74) is 3.70. The summed E-state index contributed by atoms with van der Waals surface area (Å²) in [7, 11) is 0. The summed E-state index contributed by atoms with van der Waals surface area (Å²) in [6, 6.07) is 15.7. The largest absolute Gasteiger partial charge is 0.494 e. The van der Waals surface area contributed by atoms with E-state index in [2.05, 4.69) is 10.1 Å². The Bertz CT molecular complexity index is 1690. The van der Waals surface area contributed by atoms with Crippen molar-refractivity contribution in [3.05, 3.63) is 96.8 Å². The second-order valence-corrected chi connectivity index (χ2v) is 8.75. The number of thiazole rings is 1. The number of nitrogens with zero attached hydrogens (tertiary/aromatic N) is 5. The molecule has 170 valence electrons. The van der Waals surface area contributed by atoms with Gasteiger partial charge >= 0.3 is 0 Å². The maximum absolute atomic E-state index is 13.0. The Balaban J connectivity index is 1.72. The molecule has 0 radical (unpaired) electrons. The summed E-state index contributed by atoms with van der Waals surface area (Å²) >= 11 is 1.13. The number of fused-ring (bicyclic) bond motifs is 1. The number of aryl methyl sites for hydroxylation is 2. The minimum atomic E-state index is -0.435. The van der Waals surface area contributed by atoms with Gasteiger partial charge in [0.25, 0.3) is 11.1 Å². The van der Waals surface area contributed by atoms with Gasteiger partial charge in [0.05, 0.1) is 16.8 Å². The van der Waals surface area contributed by atoms with Gasteiger partial charge < -0.3 is 4.74 Å². The molecule has 9 heteroatoms. The van der Waals surface area contributed by atoms with E-state index in [0.29, 0.717) is 11.1 Å². The molecule has 0 bridgehead atoms. The zero-order valence-electron chi connectivity index (χ0n) is 18.8. The number of hydrogen-bond acceptors (Lipinski definition) is 7. The van der Waals surface area contributed by atoms with Gasteiger partial charge in [-0.25, -0.2) is 4.68 Å². The van der Waals surface area contributed by atoms with E-state index in [0.717, 1.165) is 45.2 Å². The fourth-order valence-corrected chi connectivity index (χ4v) is 4.57. The molecule has 0 spiro atoms. The molecule has 0 unspecified atom stereocenters. The molecule has 3 heterocycles. The Morgan fingerprint density at radius 2 is 1.85 bits per heavy atom. The van der Waals surface area contributed by atoms with Crippen molar-refractivity contribution < 1.29 is 4.74 Å². The van der Waals surface area contributed by atoms with Crippen molar-refractivity contribution in [1.29, 1.82) is 0 Å². The first kappa shape index (κ1) is 21.7. The molecule has 5 aromatic rings. The molecule has 34 heavy (non-hydrogen) atoms. The van der Waals surface area contributed by atoms with Crippen molar-refractivity contribution in [2.24, 2.45) is 0 Å². The van der Waals surface area contributed by atoms with E-state index in [4.69, 9.17) is 9.84 Å². The predicted octanol–water partition coefficient (Wildman–Crippen LogP) is 2.93. The number of ether oxygens (including phenoxy) is 1. The summed E-state index contributed by atoms with van der Waals surface area (Å²) in [5, 5.41) is 8.93. The number of aromatic nitrogens is 5. The van der Waals surface area contributed by atoms with Crippen LogP contribution in [0.15, 0.2) is 64.3 Å². The van der Waals surface area contributed by atoms with Gasteiger partial charge in [0, 0.05) is 17.3 Å². The van der Waals surface area contributed by atoms with Crippen molar-refractivity contribution in [2.75, 3.05) is 6.61 Å². The Hall–Kier alpha value is -4.11. The molecular formula is C25H21N5O3S. The van der Waals surface area contributed by atoms with Crippen LogP contribution < -0.4 is 20.4 Å². The summed E-state index contributed by atoms with van der Waals surface area (Å²) < 4.78 is 9.06. The molecule has 0 amide bonds. The van der Waals surface area contributed by atoms with Crippen LogP contribution in [-0.2, 0) is 0 Å². The third-order valence-electron chi connectivity index (χ3n) is 5.34. The van der Waals surface area contributed by atoms with Gasteiger partial charge in [-0.3, -0.25) is 9.59 Å². The van der Waals surface area contributed by atoms with Crippen molar-refractivity contribution in [1.82, 2.24) is 24.4 Å². The second kappa shape index (κ2) is 8.68. The molecule has 0 atom stereocenters. The Labute approximate surface area is 198 Å². The van der Waals surface area contributed by atoms with Crippen LogP contribution in [0.4, 0.5) is 0 Å². The first-order valence-corrected chi connectivity index (χ1v) is 11.6. The summed E-state index contributed by atoms with van der Waals surface area (Å²) in [6.45, 7) is 6.07. The van der Waals surface area contributed by atoms with E-state index in [1.807, 2.05) is 68.6 Å². The highest BCUT2D eigenvalue weighted by atomic mass is 32.1. The van der Waals surface area contributed by atoms with Crippen LogP contribution in [0.3, 0.4) is 0 Å². The normalized spacial score (nSPS) is 11.9. The zero-order chi connectivity index (χ0) is 23.8. The van der Waals surface area contributed by atoms with E-state index in [-0.39, 0.29) is 16.2 Å². The number of para-hydroxylation sites is 1. The Morgan fingerprint density at radius 3 is 2.59 bits per heavy atom. The Kier molecular flexibility index (Phi) is 5.54. The standard InChI is InChI=1S/C25H21N5O3S/c1-4-33-20-11-10-17(12-15(20)2)22-18(14-29(28-22)19-8-6-5-7-9-19)13-21-24(32)30-25(34-21)26-23(31)16(3)27-30/h5-14H,4H2,1-3H3/b21-13-. The lowest BCUT2D eigenvalue weighted by Crippen LogP contribution is -2.27. The quantitative estimate of drug-likeness (QED) is 0.391. The molecule has 0 saturated carbocycles. The van der Waals surface area contributed by atoms with E-state index in [9.17, 15) is 9.59 Å². The molecule has 0 saturated heterocycles. The van der Waals surface area contributed by atoms with Crippen molar-refractivity contribution in [2.45, 2.75) is 20.8 Å². The van der Waals surface area contributed by atoms with Gasteiger partial charge in [-0.2, -0.15) is 19.7 Å². The molecule has 3 aromatic heterocycles. The topological polar surface area (TPSA) is 91.4 Å². The van der Waals surface area contributed by atoms with E-state index in [1.165, 1.54) is 4.52 Å². The average molecular weight is 472 g/mol. The molecule has 0 aliphatic carbocycles. The van der Waals surface area contributed by atoms with Crippen LogP contribution in [0.5, 0.6) is 5.75 Å². The summed E-state index contributed by atoms with van der Waals surface area (Å²) in [5.74, 6) is 0.822. The van der Waals surface area contributed by atoms with Crippen molar-refractivity contribution in [3.63, 3.8) is 0 Å². The molecule has 0 aliphatic rings. The second-order valence-electron chi connectivity index (χ2n) is 7.74. The highest BCUT2D eigenvalue weighted by Gasteiger charge is 2.14. The fourth-order valence-electron chi connectivity index (χ4n) is 3.67. The minimum Gasteiger partial charge on any atom is -0.494 e. The van der Waals surface area contributed by atoms with Gasteiger partial charge in [-0.1, -0.05) is 29.5 Å². The van der Waals surface area contributed by atoms with E-state index in [1.54, 1.807) is 17.7 Å². The average Bonchev–Trinajstić information content (AvgIpc) is 3.38. The van der Waals surface area contributed by atoms with Crippen molar-refractivity contribution >= 4 is 22.4 Å². The zero-order valence-corrected chi connectivity index (χ0v) is 19.7. The minimum absolute atomic E-state index is 0.182. The van der Waals surface area contributed by atoms with Gasteiger partial charge in [-0.15, -0.1) is 0 Å². The first-order valence-electron chi connectivity index (χ1n) is 10.8. The van der Waals surface area contributed by atoms with Gasteiger partial charge in [0.15, 0.2) is 0 Å². The highest BCUT2D eigenvalue weighted by Crippen LogP contribution is 2.29. The molecule has 5 rings (SSSR count). The maximum Gasteiger partial charge on any atom is 0.295 e. The smallest absolute Gasteiger partial charge is 0.295 e. The molecule has 2 aromatic carbocycles. The molecular weight excluding hydrogens is 450 g/mol. The predicted molar refractivity (Wildman–Crippen MR) is 132 cm³/mol. The van der Waals surface area contributed by atoms with Gasteiger partial charge in [0.2, 0.25) is 4.96 Å². The monoisotopic (exact) mass is 471 g/mol. The van der Waals surface area contributed by atoms with Crippen molar-refractivity contribution in [3.8, 4) is 22.7 Å². The lowest BCUT2D eigenvalue weighted by molar-refractivity contribution is 0.338. The Morgan fingerprint density at radius 1 is 1.06 bits per heavy atom. The maximum atomic E-state index is 13.0. The van der Waals surface area contributed by atoms with E-state index >= 15 is 0 Å². The van der Waals surface area contributed by atoms with Crippen LogP contribution in [-0.4, -0.2) is 31.0 Å². The fraction of sp³-hybridized carbons (Fsp3) is 0.160. The number of hydrogen-bond donors (Lipinski definition) is 0. The lowest BCUT2D eigenvalue weighted by Gasteiger charge is -2.08. The van der Waals surface area contributed by atoms with Crippen LogP contribution in [0.1, 0.15) is 23.7 Å². The third kappa shape index (κ3) is 3.90. The van der Waals surface area contributed by atoms with Gasteiger partial charge in [-0.05, 0) is 62.7 Å². The number of rotatable bonds is 5. The third-order valence-corrected chi connectivity index (χ3v) is 6.30. The summed E-state index contributed by atoms with van der Waals surface area (Å²) in [4.78, 5) is 29.1. The van der Waals surface area contributed by atoms with Crippen LogP contribution in [0.2, 0.25) is 0 Å². The van der Waals surface area contributed by atoms with Crippen LogP contribution in [0, 0.1) is 13.8 Å². The van der Waals surface area contributed by atoms with Gasteiger partial charge in [0.1, 0.15) is 17.1 Å². The summed E-state index contributed by atoms with van der Waals surface area (Å²) in [6.07, 6.45) is 3.66. The molecule has 0 N–H and O–H groups in total. The van der Waals surface area contributed by atoms with E-state index < -0.39 is 5.56 Å². The SMILES string of the molecule is CCOc1ccc(-c2nn(-c3ccccc3)cc2/C=c2\sc3nc(=O)c(C)nn3c2=O)cc1C. The molecule has 0 aliphatic heterocycles. The van der Waals surface area contributed by atoms with Crippen LogP contribution in [0.25, 0.3) is 28.0 Å². The van der Waals surface area contributed by atoms with Crippen LogP contribution >= 0.6 is 11.3 Å². The lowest BCUT2D eigenvalue weighted by atomic mass is 10.0. The first-order chi connectivity index (χ1) is 16.4.